The van der Waals surface area contributed by atoms with Crippen LogP contribution in [0, 0.1) is 0 Å². The summed E-state index contributed by atoms with van der Waals surface area (Å²) in [7, 11) is 1.60. The van der Waals surface area contributed by atoms with Gasteiger partial charge in [0.05, 0.1) is 31.6 Å². The molecule has 10 heteroatoms. The minimum atomic E-state index is -1.14. The van der Waals surface area contributed by atoms with E-state index in [1.165, 1.54) is 6.92 Å². The summed E-state index contributed by atoms with van der Waals surface area (Å²) < 4.78 is 33.8. The molecule has 2 aromatic carbocycles. The summed E-state index contributed by atoms with van der Waals surface area (Å²) in [6.07, 6.45) is 3.01. The topological polar surface area (TPSA) is 115 Å². The largest absolute Gasteiger partial charge is 0.496 e. The highest BCUT2D eigenvalue weighted by Gasteiger charge is 2.26. The van der Waals surface area contributed by atoms with Crippen molar-refractivity contribution in [2.24, 2.45) is 0 Å². The molecular formula is C30H34N2O8. The SMILES string of the molecule is CCOC(=O)[C@@H](Cc1cc(OC2CCCCO2)ccc1OCc1ccnc(-c2ccccc2OC)n1)OC(C)=O. The van der Waals surface area contributed by atoms with E-state index in [1.807, 2.05) is 24.3 Å². The summed E-state index contributed by atoms with van der Waals surface area (Å²) in [4.78, 5) is 33.4. The second-order valence-electron chi connectivity index (χ2n) is 9.10. The van der Waals surface area contributed by atoms with E-state index in [9.17, 15) is 9.59 Å². The minimum Gasteiger partial charge on any atom is -0.496 e. The van der Waals surface area contributed by atoms with Crippen molar-refractivity contribution in [1.82, 2.24) is 9.97 Å². The highest BCUT2D eigenvalue weighted by atomic mass is 16.7. The molecule has 0 spiro atoms. The number of methoxy groups -OCH3 is 1. The molecule has 1 fully saturated rings. The Labute approximate surface area is 233 Å². The molecule has 40 heavy (non-hydrogen) atoms. The molecule has 10 nitrogen and oxygen atoms in total. The summed E-state index contributed by atoms with van der Waals surface area (Å²) in [6, 6.07) is 14.6. The average molecular weight is 551 g/mol. The van der Waals surface area contributed by atoms with Crippen molar-refractivity contribution in [1.29, 1.82) is 0 Å². The zero-order valence-electron chi connectivity index (χ0n) is 23.0. The molecule has 4 rings (SSSR count). The number of carbonyl (C=O) groups is 2. The van der Waals surface area contributed by atoms with Gasteiger partial charge in [-0.25, -0.2) is 14.8 Å². The first kappa shape index (κ1) is 28.8. The highest BCUT2D eigenvalue weighted by Crippen LogP contribution is 2.30. The van der Waals surface area contributed by atoms with Gasteiger partial charge in [-0.3, -0.25) is 4.79 Å². The van der Waals surface area contributed by atoms with Gasteiger partial charge in [0.25, 0.3) is 0 Å². The monoisotopic (exact) mass is 550 g/mol. The average Bonchev–Trinajstić information content (AvgIpc) is 2.97. The van der Waals surface area contributed by atoms with Gasteiger partial charge in [0, 0.05) is 31.5 Å². The Morgan fingerprint density at radius 3 is 2.70 bits per heavy atom. The Balaban J connectivity index is 1.57. The predicted octanol–water partition coefficient (Wildman–Crippen LogP) is 4.67. The van der Waals surface area contributed by atoms with Crippen LogP contribution in [0.15, 0.2) is 54.7 Å². The smallest absolute Gasteiger partial charge is 0.347 e. The van der Waals surface area contributed by atoms with Crippen LogP contribution < -0.4 is 14.2 Å². The normalized spacial score (nSPS) is 15.5. The van der Waals surface area contributed by atoms with E-state index in [-0.39, 0.29) is 25.9 Å². The lowest BCUT2D eigenvalue weighted by Crippen LogP contribution is -2.31. The van der Waals surface area contributed by atoms with Crippen molar-refractivity contribution in [3.05, 3.63) is 66.0 Å². The first-order valence-corrected chi connectivity index (χ1v) is 13.3. The van der Waals surface area contributed by atoms with Gasteiger partial charge in [-0.1, -0.05) is 12.1 Å². The van der Waals surface area contributed by atoms with Crippen molar-refractivity contribution in [3.8, 4) is 28.6 Å². The van der Waals surface area contributed by atoms with Gasteiger partial charge < -0.3 is 28.4 Å². The zero-order chi connectivity index (χ0) is 28.3. The van der Waals surface area contributed by atoms with Crippen molar-refractivity contribution >= 4 is 11.9 Å². The van der Waals surface area contributed by atoms with E-state index in [1.54, 1.807) is 44.5 Å². The van der Waals surface area contributed by atoms with Crippen molar-refractivity contribution in [2.75, 3.05) is 20.3 Å². The maximum atomic E-state index is 12.6. The number of hydrogen-bond acceptors (Lipinski definition) is 10. The molecule has 0 N–H and O–H groups in total. The van der Waals surface area contributed by atoms with Gasteiger partial charge >= 0.3 is 11.9 Å². The van der Waals surface area contributed by atoms with Crippen LogP contribution in [0.2, 0.25) is 0 Å². The number of carbonyl (C=O) groups excluding carboxylic acids is 2. The maximum absolute atomic E-state index is 12.6. The molecule has 212 valence electrons. The molecule has 0 saturated carbocycles. The van der Waals surface area contributed by atoms with Crippen molar-refractivity contribution < 1.29 is 38.0 Å². The molecule has 1 aliphatic rings. The summed E-state index contributed by atoms with van der Waals surface area (Å²) in [5.74, 6) is 0.982. The van der Waals surface area contributed by atoms with Gasteiger partial charge in [-0.2, -0.15) is 0 Å². The number of hydrogen-bond donors (Lipinski definition) is 0. The van der Waals surface area contributed by atoms with Crippen LogP contribution in [0.3, 0.4) is 0 Å². The molecule has 0 radical (unpaired) electrons. The molecule has 2 heterocycles. The third-order valence-corrected chi connectivity index (χ3v) is 6.14. The molecule has 1 aliphatic heterocycles. The lowest BCUT2D eigenvalue weighted by atomic mass is 10.1. The van der Waals surface area contributed by atoms with Crippen molar-refractivity contribution in [3.63, 3.8) is 0 Å². The Bertz CT molecular complexity index is 1290. The van der Waals surface area contributed by atoms with E-state index in [2.05, 4.69) is 9.97 Å². The third kappa shape index (κ3) is 7.92. The highest BCUT2D eigenvalue weighted by molar-refractivity contribution is 5.79. The molecule has 0 bridgehead atoms. The maximum Gasteiger partial charge on any atom is 0.347 e. The Morgan fingerprint density at radius 1 is 1.10 bits per heavy atom. The molecule has 2 atom stereocenters. The fraction of sp³-hybridized carbons (Fsp3) is 0.400. The second-order valence-corrected chi connectivity index (χ2v) is 9.10. The molecule has 1 unspecified atom stereocenters. The van der Waals surface area contributed by atoms with Gasteiger partial charge in [-0.05, 0) is 56.2 Å². The van der Waals surface area contributed by atoms with Crippen LogP contribution in [-0.2, 0) is 36.8 Å². The van der Waals surface area contributed by atoms with Crippen LogP contribution in [0.5, 0.6) is 17.2 Å². The van der Waals surface area contributed by atoms with E-state index in [0.29, 0.717) is 40.9 Å². The number of para-hydroxylation sites is 1. The first-order valence-electron chi connectivity index (χ1n) is 13.3. The van der Waals surface area contributed by atoms with E-state index < -0.39 is 18.0 Å². The summed E-state index contributed by atoms with van der Waals surface area (Å²) in [5.41, 5.74) is 2.00. The number of aromatic nitrogens is 2. The van der Waals surface area contributed by atoms with Gasteiger partial charge in [-0.15, -0.1) is 0 Å². The van der Waals surface area contributed by atoms with Crippen LogP contribution in [0.1, 0.15) is 44.4 Å². The molecule has 3 aromatic rings. The van der Waals surface area contributed by atoms with Crippen molar-refractivity contribution in [2.45, 2.75) is 58.5 Å². The second kappa shape index (κ2) is 14.3. The van der Waals surface area contributed by atoms with Crippen LogP contribution in [-0.4, -0.2) is 54.6 Å². The number of nitrogens with zero attached hydrogens (tertiary/aromatic N) is 2. The number of ether oxygens (including phenoxy) is 6. The molecular weight excluding hydrogens is 516 g/mol. The zero-order valence-corrected chi connectivity index (χ0v) is 23.0. The lowest BCUT2D eigenvalue weighted by molar-refractivity contribution is -0.166. The fourth-order valence-corrected chi connectivity index (χ4v) is 4.28. The van der Waals surface area contributed by atoms with E-state index in [4.69, 9.17) is 28.4 Å². The quantitative estimate of drug-likeness (QED) is 0.295. The summed E-state index contributed by atoms with van der Waals surface area (Å²) in [5, 5.41) is 0. The summed E-state index contributed by atoms with van der Waals surface area (Å²) in [6.45, 7) is 3.87. The van der Waals surface area contributed by atoms with E-state index in [0.717, 1.165) is 24.8 Å². The third-order valence-electron chi connectivity index (χ3n) is 6.14. The standard InChI is InChI=1S/C30H34N2O8/c1-4-36-30(34)27(39-20(2)33)18-21-17-23(40-28-11-7-8-16-37-28)12-13-25(21)38-19-22-14-15-31-29(32-22)24-9-5-6-10-26(24)35-3/h5-6,9-10,12-15,17,27-28H,4,7-8,11,16,18-19H2,1-3H3/t27-,28?/m1/s1. The Kier molecular flexibility index (Phi) is 10.3. The molecule has 1 saturated heterocycles. The minimum absolute atomic E-state index is 0.0344. The Morgan fingerprint density at radius 2 is 1.95 bits per heavy atom. The molecule has 0 amide bonds. The van der Waals surface area contributed by atoms with Gasteiger partial charge in [0.2, 0.25) is 6.10 Å². The van der Waals surface area contributed by atoms with Crippen LogP contribution in [0.25, 0.3) is 11.4 Å². The number of esters is 2. The molecule has 1 aromatic heterocycles. The predicted molar refractivity (Wildman–Crippen MR) is 145 cm³/mol. The van der Waals surface area contributed by atoms with Gasteiger partial charge in [0.1, 0.15) is 23.9 Å². The molecule has 0 aliphatic carbocycles. The van der Waals surface area contributed by atoms with Gasteiger partial charge in [0.15, 0.2) is 12.1 Å². The summed E-state index contributed by atoms with van der Waals surface area (Å²) >= 11 is 0. The fourth-order valence-electron chi connectivity index (χ4n) is 4.28. The van der Waals surface area contributed by atoms with Crippen LogP contribution in [0.4, 0.5) is 0 Å². The van der Waals surface area contributed by atoms with E-state index >= 15 is 0 Å². The van der Waals surface area contributed by atoms with Crippen LogP contribution >= 0.6 is 0 Å². The number of benzene rings is 2. The number of rotatable bonds is 12. The lowest BCUT2D eigenvalue weighted by Gasteiger charge is -2.24. The first-order chi connectivity index (χ1) is 19.5. The Hall–Kier alpha value is -4.18.